The molecule has 1 aromatic carbocycles. The predicted molar refractivity (Wildman–Crippen MR) is 101 cm³/mol. The maximum atomic E-state index is 12.6. The second-order valence-electron chi connectivity index (χ2n) is 6.26. The second-order valence-corrected chi connectivity index (χ2v) is 7.11. The SMILES string of the molecule is COc1cc(Br)c(NC(=O)N2CCN(C[C@@H](C)O)[C@H](C)C2)cc1OC. The van der Waals surface area contributed by atoms with Crippen LogP contribution in [0.5, 0.6) is 11.5 Å². The van der Waals surface area contributed by atoms with Gasteiger partial charge in [-0.2, -0.15) is 0 Å². The van der Waals surface area contributed by atoms with Crippen LogP contribution in [0.4, 0.5) is 10.5 Å². The Labute approximate surface area is 157 Å². The van der Waals surface area contributed by atoms with Crippen LogP contribution in [0, 0.1) is 0 Å². The molecule has 2 N–H and O–H groups in total. The molecule has 8 heteroatoms. The molecule has 1 aromatic rings. The number of hydrogen-bond acceptors (Lipinski definition) is 5. The number of methoxy groups -OCH3 is 2. The first kappa shape index (κ1) is 19.8. The number of halogens is 1. The van der Waals surface area contributed by atoms with Gasteiger partial charge in [0, 0.05) is 48.8 Å². The number of hydrogen-bond donors (Lipinski definition) is 2. The van der Waals surface area contributed by atoms with Gasteiger partial charge in [0.15, 0.2) is 11.5 Å². The second kappa shape index (κ2) is 8.73. The summed E-state index contributed by atoms with van der Waals surface area (Å²) in [6.07, 6.45) is -0.370. The third kappa shape index (κ3) is 4.99. The van der Waals surface area contributed by atoms with Crippen molar-refractivity contribution in [3.05, 3.63) is 16.6 Å². The topological polar surface area (TPSA) is 74.3 Å². The van der Waals surface area contributed by atoms with Crippen molar-refractivity contribution in [3.8, 4) is 11.5 Å². The van der Waals surface area contributed by atoms with E-state index in [1.54, 1.807) is 38.2 Å². The number of carbonyl (C=O) groups excluding carboxylic acids is 1. The first-order chi connectivity index (χ1) is 11.8. The molecule has 0 saturated carbocycles. The molecule has 0 bridgehead atoms. The molecule has 2 amide bonds. The molecule has 7 nitrogen and oxygen atoms in total. The highest BCUT2D eigenvalue weighted by atomic mass is 79.9. The van der Waals surface area contributed by atoms with Gasteiger partial charge in [-0.3, -0.25) is 4.90 Å². The highest BCUT2D eigenvalue weighted by molar-refractivity contribution is 9.10. The molecular weight excluding hydrogens is 390 g/mol. The lowest BCUT2D eigenvalue weighted by molar-refractivity contribution is 0.0590. The number of aliphatic hydroxyl groups excluding tert-OH is 1. The average Bonchev–Trinajstić information content (AvgIpc) is 2.57. The normalized spacial score (nSPS) is 19.4. The van der Waals surface area contributed by atoms with Crippen molar-refractivity contribution in [2.24, 2.45) is 0 Å². The Bertz CT molecular complexity index is 612. The molecule has 1 heterocycles. The van der Waals surface area contributed by atoms with Gasteiger partial charge < -0.3 is 24.8 Å². The lowest BCUT2D eigenvalue weighted by atomic mass is 10.2. The molecule has 2 rings (SSSR count). The minimum Gasteiger partial charge on any atom is -0.493 e. The number of β-amino-alcohol motifs (C(OH)–C–C–N with tert-alkyl or cyclic N) is 1. The number of nitrogens with zero attached hydrogens (tertiary/aromatic N) is 2. The lowest BCUT2D eigenvalue weighted by Crippen LogP contribution is -2.55. The maximum absolute atomic E-state index is 12.6. The highest BCUT2D eigenvalue weighted by Gasteiger charge is 2.27. The van der Waals surface area contributed by atoms with Gasteiger partial charge in [0.05, 0.1) is 26.0 Å². The van der Waals surface area contributed by atoms with Crippen LogP contribution in [-0.2, 0) is 0 Å². The fourth-order valence-corrected chi connectivity index (χ4v) is 3.36. The van der Waals surface area contributed by atoms with Crippen LogP contribution in [0.3, 0.4) is 0 Å². The van der Waals surface area contributed by atoms with E-state index < -0.39 is 0 Å². The molecule has 0 unspecified atom stereocenters. The monoisotopic (exact) mass is 415 g/mol. The molecule has 140 valence electrons. The van der Waals surface area contributed by atoms with Crippen LogP contribution < -0.4 is 14.8 Å². The number of urea groups is 1. The van der Waals surface area contributed by atoms with E-state index in [4.69, 9.17) is 9.47 Å². The van der Waals surface area contributed by atoms with Gasteiger partial charge in [-0.05, 0) is 29.8 Å². The smallest absolute Gasteiger partial charge is 0.321 e. The zero-order chi connectivity index (χ0) is 18.6. The minimum absolute atomic E-state index is 0.156. The van der Waals surface area contributed by atoms with Crippen molar-refractivity contribution in [2.45, 2.75) is 26.0 Å². The van der Waals surface area contributed by atoms with Crippen molar-refractivity contribution >= 4 is 27.6 Å². The number of piperazine rings is 1. The third-order valence-electron chi connectivity index (χ3n) is 4.27. The summed E-state index contributed by atoms with van der Waals surface area (Å²) in [4.78, 5) is 16.6. The Balaban J connectivity index is 2.03. The minimum atomic E-state index is -0.370. The third-order valence-corrected chi connectivity index (χ3v) is 4.92. The molecule has 1 aliphatic rings. The van der Waals surface area contributed by atoms with Crippen LogP contribution in [0.25, 0.3) is 0 Å². The van der Waals surface area contributed by atoms with Gasteiger partial charge >= 0.3 is 6.03 Å². The van der Waals surface area contributed by atoms with Crippen molar-refractivity contribution in [3.63, 3.8) is 0 Å². The molecule has 1 aliphatic heterocycles. The summed E-state index contributed by atoms with van der Waals surface area (Å²) in [6.45, 7) is 6.44. The maximum Gasteiger partial charge on any atom is 0.321 e. The van der Waals surface area contributed by atoms with E-state index in [1.165, 1.54) is 0 Å². The van der Waals surface area contributed by atoms with Gasteiger partial charge in [0.2, 0.25) is 0 Å². The Morgan fingerprint density at radius 1 is 1.36 bits per heavy atom. The Hall–Kier alpha value is -1.51. The van der Waals surface area contributed by atoms with Crippen LogP contribution in [0.1, 0.15) is 13.8 Å². The van der Waals surface area contributed by atoms with Gasteiger partial charge in [0.25, 0.3) is 0 Å². The van der Waals surface area contributed by atoms with E-state index in [9.17, 15) is 9.90 Å². The van der Waals surface area contributed by atoms with E-state index in [0.717, 1.165) is 11.0 Å². The number of amides is 2. The number of rotatable bonds is 5. The summed E-state index contributed by atoms with van der Waals surface area (Å²) in [6, 6.07) is 3.53. The van der Waals surface area contributed by atoms with E-state index in [2.05, 4.69) is 33.1 Å². The molecular formula is C17H26BrN3O4. The first-order valence-electron chi connectivity index (χ1n) is 8.25. The van der Waals surface area contributed by atoms with Gasteiger partial charge in [-0.15, -0.1) is 0 Å². The van der Waals surface area contributed by atoms with Gasteiger partial charge in [0.1, 0.15) is 0 Å². The number of benzene rings is 1. The number of ether oxygens (including phenoxy) is 2. The summed E-state index contributed by atoms with van der Waals surface area (Å²) >= 11 is 3.45. The molecule has 0 radical (unpaired) electrons. The predicted octanol–water partition coefficient (Wildman–Crippen LogP) is 2.39. The number of anilines is 1. The van der Waals surface area contributed by atoms with Crippen LogP contribution >= 0.6 is 15.9 Å². The summed E-state index contributed by atoms with van der Waals surface area (Å²) in [5.41, 5.74) is 0.627. The van der Waals surface area contributed by atoms with E-state index in [1.807, 2.05) is 0 Å². The Morgan fingerprint density at radius 2 is 2.00 bits per heavy atom. The van der Waals surface area contributed by atoms with Crippen LogP contribution in [-0.4, -0.2) is 73.5 Å². The fourth-order valence-electron chi connectivity index (χ4n) is 2.93. The molecule has 0 aliphatic carbocycles. The van der Waals surface area contributed by atoms with Gasteiger partial charge in [-0.25, -0.2) is 4.79 Å². The molecule has 0 spiro atoms. The van der Waals surface area contributed by atoms with Crippen LogP contribution in [0.2, 0.25) is 0 Å². The average molecular weight is 416 g/mol. The molecule has 25 heavy (non-hydrogen) atoms. The fraction of sp³-hybridized carbons (Fsp3) is 0.588. The molecule has 2 atom stereocenters. The van der Waals surface area contributed by atoms with Gasteiger partial charge in [-0.1, -0.05) is 0 Å². The largest absolute Gasteiger partial charge is 0.493 e. The number of aliphatic hydroxyl groups is 1. The van der Waals surface area contributed by atoms with Crippen molar-refractivity contribution in [1.29, 1.82) is 0 Å². The molecule has 0 aromatic heterocycles. The zero-order valence-corrected chi connectivity index (χ0v) is 16.7. The summed E-state index contributed by atoms with van der Waals surface area (Å²) in [5.74, 6) is 1.14. The quantitative estimate of drug-likeness (QED) is 0.771. The molecule has 1 fully saturated rings. The van der Waals surface area contributed by atoms with Crippen molar-refractivity contribution in [2.75, 3.05) is 45.7 Å². The zero-order valence-electron chi connectivity index (χ0n) is 15.1. The molecule has 1 saturated heterocycles. The van der Waals surface area contributed by atoms with E-state index in [0.29, 0.717) is 36.8 Å². The first-order valence-corrected chi connectivity index (χ1v) is 9.04. The highest BCUT2D eigenvalue weighted by Crippen LogP contribution is 2.36. The number of nitrogens with one attached hydrogen (secondary N) is 1. The number of carbonyl (C=O) groups is 1. The van der Waals surface area contributed by atoms with Crippen molar-refractivity contribution < 1.29 is 19.4 Å². The lowest BCUT2D eigenvalue weighted by Gasteiger charge is -2.40. The van der Waals surface area contributed by atoms with E-state index in [-0.39, 0.29) is 18.2 Å². The van der Waals surface area contributed by atoms with E-state index >= 15 is 0 Å². The van der Waals surface area contributed by atoms with Crippen molar-refractivity contribution in [1.82, 2.24) is 9.80 Å². The summed E-state index contributed by atoms with van der Waals surface area (Å²) in [5, 5.41) is 12.5. The summed E-state index contributed by atoms with van der Waals surface area (Å²) < 4.78 is 11.3. The Morgan fingerprint density at radius 3 is 2.56 bits per heavy atom. The van der Waals surface area contributed by atoms with Crippen LogP contribution in [0.15, 0.2) is 16.6 Å². The summed E-state index contributed by atoms with van der Waals surface area (Å²) in [7, 11) is 3.12. The Kier molecular flexibility index (Phi) is 6.92. The standard InChI is InChI=1S/C17H26BrN3O4/c1-11-9-21(6-5-20(11)10-12(2)22)17(23)19-14-8-16(25-4)15(24-3)7-13(14)18/h7-8,11-12,22H,5-6,9-10H2,1-4H3,(H,19,23)/t11-,12-/m1/s1.